The van der Waals surface area contributed by atoms with E-state index in [1.807, 2.05) is 11.3 Å². The molecule has 0 bridgehead atoms. The minimum Gasteiger partial charge on any atom is -0.385 e. The number of ether oxygens (including phenoxy) is 1. The summed E-state index contributed by atoms with van der Waals surface area (Å²) in [6.07, 6.45) is 2.33. The summed E-state index contributed by atoms with van der Waals surface area (Å²) in [5.74, 6) is 0. The molecule has 3 heteroatoms. The molecule has 0 atom stereocenters. The van der Waals surface area contributed by atoms with Gasteiger partial charge in [0, 0.05) is 30.0 Å². The van der Waals surface area contributed by atoms with Crippen LogP contribution >= 0.6 is 11.3 Å². The van der Waals surface area contributed by atoms with Crippen LogP contribution in [0.2, 0.25) is 0 Å². The van der Waals surface area contributed by atoms with Gasteiger partial charge in [-0.05, 0) is 36.9 Å². The molecule has 0 unspecified atom stereocenters. The normalized spacial score (nSPS) is 12.0. The first kappa shape index (κ1) is 14.7. The van der Waals surface area contributed by atoms with Gasteiger partial charge in [0.15, 0.2) is 0 Å². The van der Waals surface area contributed by atoms with Gasteiger partial charge in [0.05, 0.1) is 0 Å². The minimum atomic E-state index is 0.279. The Bertz CT molecular complexity index is 314. The second-order valence-corrected chi connectivity index (χ2v) is 6.56. The highest BCUT2D eigenvalue weighted by Crippen LogP contribution is 2.29. The molecule has 1 N–H and O–H groups in total. The Kier molecular flexibility index (Phi) is 6.17. The highest BCUT2D eigenvalue weighted by Gasteiger charge is 2.15. The average Bonchev–Trinajstić information content (AvgIpc) is 2.71. The number of hydrogen-bond acceptors (Lipinski definition) is 3. The molecular weight excluding hydrogens is 230 g/mol. The van der Waals surface area contributed by atoms with E-state index in [0.29, 0.717) is 0 Å². The fraction of sp³-hybridized carbons (Fsp3) is 0.714. The van der Waals surface area contributed by atoms with E-state index in [-0.39, 0.29) is 5.41 Å². The molecule has 1 heterocycles. The van der Waals surface area contributed by atoms with Gasteiger partial charge in [-0.2, -0.15) is 0 Å². The number of thiophene rings is 1. The summed E-state index contributed by atoms with van der Waals surface area (Å²) in [5.41, 5.74) is 0.279. The maximum atomic E-state index is 5.02. The third kappa shape index (κ3) is 5.66. The first-order valence-corrected chi connectivity index (χ1v) is 7.14. The zero-order valence-corrected chi connectivity index (χ0v) is 12.3. The lowest BCUT2D eigenvalue weighted by molar-refractivity contribution is 0.192. The van der Waals surface area contributed by atoms with Gasteiger partial charge in [-0.1, -0.05) is 20.8 Å². The second-order valence-electron chi connectivity index (χ2n) is 5.39. The maximum Gasteiger partial charge on any atom is 0.0462 e. The lowest BCUT2D eigenvalue weighted by Crippen LogP contribution is -2.14. The van der Waals surface area contributed by atoms with Crippen molar-refractivity contribution in [3.63, 3.8) is 0 Å². The summed E-state index contributed by atoms with van der Waals surface area (Å²) in [4.78, 5) is 2.90. The SMILES string of the molecule is COCCCCNCc1ccc(C(C)(C)C)s1. The third-order valence-corrected chi connectivity index (χ3v) is 4.16. The van der Waals surface area contributed by atoms with Gasteiger partial charge in [0.1, 0.15) is 0 Å². The lowest BCUT2D eigenvalue weighted by atomic mass is 9.95. The number of nitrogens with one attached hydrogen (secondary N) is 1. The molecule has 0 saturated heterocycles. The van der Waals surface area contributed by atoms with Crippen LogP contribution in [0.25, 0.3) is 0 Å². The predicted octanol–water partition coefficient (Wildman–Crippen LogP) is 3.56. The van der Waals surface area contributed by atoms with E-state index in [1.54, 1.807) is 7.11 Å². The Labute approximate surface area is 109 Å². The molecular formula is C14H25NOS. The van der Waals surface area contributed by atoms with E-state index in [1.165, 1.54) is 16.2 Å². The number of methoxy groups -OCH3 is 1. The summed E-state index contributed by atoms with van der Waals surface area (Å²) < 4.78 is 5.02. The summed E-state index contributed by atoms with van der Waals surface area (Å²) in [5, 5.41) is 3.48. The minimum absolute atomic E-state index is 0.279. The smallest absolute Gasteiger partial charge is 0.0462 e. The van der Waals surface area contributed by atoms with E-state index in [9.17, 15) is 0 Å². The molecule has 98 valence electrons. The molecule has 0 aliphatic carbocycles. The summed E-state index contributed by atoms with van der Waals surface area (Å²) in [6.45, 7) is 9.73. The van der Waals surface area contributed by atoms with Gasteiger partial charge >= 0.3 is 0 Å². The van der Waals surface area contributed by atoms with Crippen LogP contribution in [0.4, 0.5) is 0 Å². The van der Waals surface area contributed by atoms with Crippen molar-refractivity contribution in [1.82, 2.24) is 5.32 Å². The van der Waals surface area contributed by atoms with E-state index in [0.717, 1.165) is 26.1 Å². The first-order chi connectivity index (χ1) is 8.04. The van der Waals surface area contributed by atoms with Crippen LogP contribution in [0.5, 0.6) is 0 Å². The summed E-state index contributed by atoms with van der Waals surface area (Å²) >= 11 is 1.92. The van der Waals surface area contributed by atoms with Crippen molar-refractivity contribution in [1.29, 1.82) is 0 Å². The molecule has 0 saturated carbocycles. The first-order valence-electron chi connectivity index (χ1n) is 6.33. The van der Waals surface area contributed by atoms with E-state index in [2.05, 4.69) is 38.2 Å². The van der Waals surface area contributed by atoms with Crippen molar-refractivity contribution in [3.8, 4) is 0 Å². The largest absolute Gasteiger partial charge is 0.385 e. The van der Waals surface area contributed by atoms with Gasteiger partial charge in [-0.25, -0.2) is 0 Å². The fourth-order valence-electron chi connectivity index (χ4n) is 1.58. The van der Waals surface area contributed by atoms with Crippen molar-refractivity contribution in [2.24, 2.45) is 0 Å². The zero-order valence-electron chi connectivity index (χ0n) is 11.5. The van der Waals surface area contributed by atoms with E-state index >= 15 is 0 Å². The predicted molar refractivity (Wildman–Crippen MR) is 75.8 cm³/mol. The Morgan fingerprint density at radius 3 is 2.59 bits per heavy atom. The van der Waals surface area contributed by atoms with Crippen LogP contribution in [0, 0.1) is 0 Å². The van der Waals surface area contributed by atoms with Crippen LogP contribution in [0.15, 0.2) is 12.1 Å². The van der Waals surface area contributed by atoms with Gasteiger partial charge in [0.25, 0.3) is 0 Å². The molecule has 1 rings (SSSR count). The zero-order chi connectivity index (χ0) is 12.7. The van der Waals surface area contributed by atoms with Gasteiger partial charge in [-0.3, -0.25) is 0 Å². The molecule has 0 aliphatic rings. The van der Waals surface area contributed by atoms with Crippen molar-refractivity contribution >= 4 is 11.3 Å². The van der Waals surface area contributed by atoms with Crippen LogP contribution in [0.3, 0.4) is 0 Å². The number of hydrogen-bond donors (Lipinski definition) is 1. The maximum absolute atomic E-state index is 5.02. The average molecular weight is 255 g/mol. The highest BCUT2D eigenvalue weighted by molar-refractivity contribution is 7.12. The Morgan fingerprint density at radius 2 is 2.00 bits per heavy atom. The van der Waals surface area contributed by atoms with Crippen molar-refractivity contribution < 1.29 is 4.74 Å². The number of unbranched alkanes of at least 4 members (excludes halogenated alkanes) is 1. The molecule has 2 nitrogen and oxygen atoms in total. The Morgan fingerprint density at radius 1 is 1.24 bits per heavy atom. The molecule has 0 fully saturated rings. The molecule has 1 aromatic heterocycles. The summed E-state index contributed by atoms with van der Waals surface area (Å²) in [7, 11) is 1.76. The Balaban J connectivity index is 2.21. The molecule has 1 aromatic rings. The van der Waals surface area contributed by atoms with E-state index < -0.39 is 0 Å². The van der Waals surface area contributed by atoms with Crippen LogP contribution in [-0.4, -0.2) is 20.3 Å². The molecule has 0 amide bonds. The Hall–Kier alpha value is -0.380. The number of rotatable bonds is 7. The van der Waals surface area contributed by atoms with Crippen molar-refractivity contribution in [2.45, 2.75) is 45.6 Å². The van der Waals surface area contributed by atoms with Crippen molar-refractivity contribution in [3.05, 3.63) is 21.9 Å². The fourth-order valence-corrected chi connectivity index (χ4v) is 2.62. The third-order valence-electron chi connectivity index (χ3n) is 2.65. The monoisotopic (exact) mass is 255 g/mol. The standard InChI is InChI=1S/C14H25NOS/c1-14(2,3)13-8-7-12(17-13)11-15-9-5-6-10-16-4/h7-8,15H,5-6,9-11H2,1-4H3. The molecule has 17 heavy (non-hydrogen) atoms. The lowest BCUT2D eigenvalue weighted by Gasteiger charge is -2.15. The van der Waals surface area contributed by atoms with Gasteiger partial charge in [0.2, 0.25) is 0 Å². The topological polar surface area (TPSA) is 21.3 Å². The highest BCUT2D eigenvalue weighted by atomic mass is 32.1. The van der Waals surface area contributed by atoms with Crippen LogP contribution in [-0.2, 0) is 16.7 Å². The molecule has 0 aliphatic heterocycles. The van der Waals surface area contributed by atoms with Crippen molar-refractivity contribution in [2.75, 3.05) is 20.3 Å². The van der Waals surface area contributed by atoms with Crippen LogP contribution < -0.4 is 5.32 Å². The second kappa shape index (κ2) is 7.14. The van der Waals surface area contributed by atoms with Gasteiger partial charge < -0.3 is 10.1 Å². The quantitative estimate of drug-likeness (QED) is 0.752. The van der Waals surface area contributed by atoms with Crippen LogP contribution in [0.1, 0.15) is 43.4 Å². The molecule has 0 radical (unpaired) electrons. The molecule has 0 spiro atoms. The summed E-state index contributed by atoms with van der Waals surface area (Å²) in [6, 6.07) is 4.50. The van der Waals surface area contributed by atoms with Gasteiger partial charge in [-0.15, -0.1) is 11.3 Å². The van der Waals surface area contributed by atoms with E-state index in [4.69, 9.17) is 4.74 Å². The molecule has 0 aromatic carbocycles.